The molecule has 8 nitrogen and oxygen atoms in total. The number of benzene rings is 1. The normalized spacial score (nSPS) is 11.6. The lowest BCUT2D eigenvalue weighted by Gasteiger charge is -2.01. The molecular formula is C12H8FN5O3S3. The number of nitrogens with two attached hydrogens (primary N) is 1. The van der Waals surface area contributed by atoms with E-state index in [9.17, 15) is 9.18 Å². The van der Waals surface area contributed by atoms with E-state index >= 15 is 0 Å². The lowest BCUT2D eigenvalue weighted by atomic mass is 10.3. The molecule has 1 aromatic carbocycles. The summed E-state index contributed by atoms with van der Waals surface area (Å²) in [5.74, 6) is -0.994. The van der Waals surface area contributed by atoms with Gasteiger partial charge in [0.2, 0.25) is 11.5 Å². The van der Waals surface area contributed by atoms with E-state index in [1.807, 2.05) is 24.3 Å². The molecule has 2 aromatic heterocycles. The number of oxime groups is 1. The van der Waals surface area contributed by atoms with Crippen molar-refractivity contribution in [2.24, 2.45) is 5.16 Å². The fourth-order valence-electron chi connectivity index (χ4n) is 1.59. The van der Waals surface area contributed by atoms with E-state index in [-0.39, 0.29) is 16.7 Å². The van der Waals surface area contributed by atoms with Crippen molar-refractivity contribution in [3.63, 3.8) is 0 Å². The van der Waals surface area contributed by atoms with E-state index in [1.165, 1.54) is 11.3 Å². The van der Waals surface area contributed by atoms with Crippen molar-refractivity contribution in [1.29, 1.82) is 0 Å². The van der Waals surface area contributed by atoms with E-state index in [0.717, 1.165) is 33.8 Å². The van der Waals surface area contributed by atoms with Gasteiger partial charge in [-0.3, -0.25) is 0 Å². The van der Waals surface area contributed by atoms with Crippen molar-refractivity contribution in [3.8, 4) is 0 Å². The highest BCUT2D eigenvalue weighted by Gasteiger charge is 2.23. The van der Waals surface area contributed by atoms with Crippen LogP contribution < -0.4 is 5.73 Å². The molecule has 0 spiro atoms. The van der Waals surface area contributed by atoms with Crippen LogP contribution >= 0.6 is 34.9 Å². The Kier molecular flexibility index (Phi) is 5.17. The number of nitrogen functional groups attached to an aromatic ring is 1. The van der Waals surface area contributed by atoms with Crippen LogP contribution in [0.2, 0.25) is 0 Å². The van der Waals surface area contributed by atoms with Crippen molar-refractivity contribution in [3.05, 3.63) is 30.1 Å². The molecule has 3 rings (SSSR count). The highest BCUT2D eigenvalue weighted by atomic mass is 32.2. The lowest BCUT2D eigenvalue weighted by Crippen LogP contribution is -2.18. The summed E-state index contributed by atoms with van der Waals surface area (Å²) in [4.78, 5) is 24.5. The molecule has 0 unspecified atom stereocenters. The molecule has 0 radical (unpaired) electrons. The molecule has 12 heteroatoms. The number of carbonyl (C=O) groups is 1. The molecule has 0 aliphatic heterocycles. The van der Waals surface area contributed by atoms with Gasteiger partial charge in [0.05, 0.1) is 10.2 Å². The molecule has 0 aliphatic rings. The molecule has 0 fully saturated rings. The second-order valence-electron chi connectivity index (χ2n) is 4.04. The average molecular weight is 385 g/mol. The Morgan fingerprint density at radius 2 is 2.21 bits per heavy atom. The number of carbonyl (C=O) groups excluding carboxylic acids is 1. The zero-order valence-electron chi connectivity index (χ0n) is 11.7. The van der Waals surface area contributed by atoms with Crippen LogP contribution in [0, 0.1) is 0 Å². The summed E-state index contributed by atoms with van der Waals surface area (Å²) >= 11 is 2.99. The van der Waals surface area contributed by atoms with Gasteiger partial charge in [0.1, 0.15) is 12.0 Å². The highest BCUT2D eigenvalue weighted by Crippen LogP contribution is 2.30. The lowest BCUT2D eigenvalue weighted by molar-refractivity contribution is -0.125. The topological polar surface area (TPSA) is 113 Å². The molecule has 124 valence electrons. The fourth-order valence-corrected chi connectivity index (χ4v) is 3.59. The average Bonchev–Trinajstić information content (AvgIpc) is 3.19. The Labute approximate surface area is 146 Å². The number of hydrogen-bond donors (Lipinski definition) is 1. The van der Waals surface area contributed by atoms with Gasteiger partial charge in [-0.1, -0.05) is 17.3 Å². The number of nitrogens with zero attached hydrogens (tertiary/aromatic N) is 4. The van der Waals surface area contributed by atoms with Gasteiger partial charge in [0.25, 0.3) is 6.86 Å². The molecule has 0 atom stereocenters. The summed E-state index contributed by atoms with van der Waals surface area (Å²) < 4.78 is 22.5. The van der Waals surface area contributed by atoms with Crippen LogP contribution in [0.5, 0.6) is 0 Å². The third kappa shape index (κ3) is 3.77. The molecule has 2 heterocycles. The third-order valence-electron chi connectivity index (χ3n) is 2.51. The van der Waals surface area contributed by atoms with Gasteiger partial charge in [-0.15, -0.1) is 11.3 Å². The Bertz CT molecular complexity index is 864. The SMILES string of the molecule is Nc1nc(/C(=N/OCF)C(=O)OSc2nc3ccccc3s2)ns1. The van der Waals surface area contributed by atoms with E-state index in [2.05, 4.69) is 24.3 Å². The van der Waals surface area contributed by atoms with Crippen LogP contribution in [0.3, 0.4) is 0 Å². The monoisotopic (exact) mass is 385 g/mol. The predicted molar refractivity (Wildman–Crippen MR) is 89.5 cm³/mol. The standard InChI is InChI=1S/C12H8FN5O3S3/c13-5-20-17-8(9-16-11(14)23-18-9)10(19)21-24-12-15-6-3-1-2-4-7(6)22-12/h1-4H,5H2,(H2,14,16,18)/b17-8-. The first-order valence-electron chi connectivity index (χ1n) is 6.27. The van der Waals surface area contributed by atoms with Crippen LogP contribution in [0.25, 0.3) is 10.2 Å². The Balaban J connectivity index is 1.73. The summed E-state index contributed by atoms with van der Waals surface area (Å²) in [5, 5.41) is 3.47. The first-order chi connectivity index (χ1) is 11.7. The second-order valence-corrected chi connectivity index (χ2v) is 6.83. The largest absolute Gasteiger partial charge is 0.379 e. The van der Waals surface area contributed by atoms with Crippen molar-refractivity contribution in [2.75, 3.05) is 12.6 Å². The number of alkyl halides is 1. The van der Waals surface area contributed by atoms with Crippen molar-refractivity contribution < 1.29 is 18.2 Å². The smallest absolute Gasteiger partial charge is 0.376 e. The summed E-state index contributed by atoms with van der Waals surface area (Å²) in [6, 6.07) is 7.50. The molecule has 0 amide bonds. The van der Waals surface area contributed by atoms with E-state index in [0.29, 0.717) is 4.34 Å². The summed E-state index contributed by atoms with van der Waals surface area (Å²) in [6.07, 6.45) is 0. The fraction of sp³-hybridized carbons (Fsp3) is 0.0833. The zero-order valence-corrected chi connectivity index (χ0v) is 14.2. The second kappa shape index (κ2) is 7.51. The first-order valence-corrected chi connectivity index (χ1v) is 8.60. The molecule has 24 heavy (non-hydrogen) atoms. The molecule has 2 N–H and O–H groups in total. The number of rotatable bonds is 6. The van der Waals surface area contributed by atoms with Crippen LogP contribution in [-0.2, 0) is 13.8 Å². The zero-order chi connectivity index (χ0) is 16.9. The Hall–Kier alpha value is -2.31. The van der Waals surface area contributed by atoms with Gasteiger partial charge in [-0.2, -0.15) is 9.36 Å². The van der Waals surface area contributed by atoms with Crippen molar-refractivity contribution >= 4 is 61.9 Å². The van der Waals surface area contributed by atoms with Crippen LogP contribution in [0.4, 0.5) is 9.52 Å². The van der Waals surface area contributed by atoms with Gasteiger partial charge in [-0.05, 0) is 12.1 Å². The van der Waals surface area contributed by atoms with Gasteiger partial charge >= 0.3 is 5.97 Å². The molecule has 0 bridgehead atoms. The maximum absolute atomic E-state index is 12.1. The Morgan fingerprint density at radius 3 is 2.92 bits per heavy atom. The number of aromatic nitrogens is 3. The predicted octanol–water partition coefficient (Wildman–Crippen LogP) is 2.63. The molecule has 0 aliphatic carbocycles. The number of para-hydroxylation sites is 1. The first kappa shape index (κ1) is 16.5. The van der Waals surface area contributed by atoms with E-state index < -0.39 is 12.8 Å². The molecular weight excluding hydrogens is 377 g/mol. The molecule has 0 saturated heterocycles. The minimum atomic E-state index is -1.21. The van der Waals surface area contributed by atoms with E-state index in [1.54, 1.807) is 0 Å². The summed E-state index contributed by atoms with van der Waals surface area (Å²) in [7, 11) is 0. The minimum absolute atomic E-state index is 0.0964. The molecule has 3 aromatic rings. The van der Waals surface area contributed by atoms with Crippen LogP contribution in [0.15, 0.2) is 33.8 Å². The quantitative estimate of drug-likeness (QED) is 0.391. The maximum Gasteiger partial charge on any atom is 0.376 e. The van der Waals surface area contributed by atoms with Gasteiger partial charge < -0.3 is 14.8 Å². The number of fused-ring (bicyclic) bond motifs is 1. The van der Waals surface area contributed by atoms with Gasteiger partial charge in [0, 0.05) is 11.5 Å². The summed E-state index contributed by atoms with van der Waals surface area (Å²) in [5.41, 5.74) is 5.88. The number of halogens is 1. The number of hydrogen-bond acceptors (Lipinski definition) is 11. The number of anilines is 1. The minimum Gasteiger partial charge on any atom is -0.379 e. The maximum atomic E-state index is 12.1. The third-order valence-corrected chi connectivity index (χ3v) is 4.81. The van der Waals surface area contributed by atoms with Crippen molar-refractivity contribution in [2.45, 2.75) is 4.34 Å². The summed E-state index contributed by atoms with van der Waals surface area (Å²) in [6.45, 7) is -1.21. The van der Waals surface area contributed by atoms with Crippen LogP contribution in [-0.4, -0.2) is 32.9 Å². The van der Waals surface area contributed by atoms with Gasteiger partial charge in [0.15, 0.2) is 9.47 Å². The van der Waals surface area contributed by atoms with Crippen molar-refractivity contribution in [1.82, 2.24) is 14.3 Å². The van der Waals surface area contributed by atoms with E-state index in [4.69, 9.17) is 9.92 Å². The highest BCUT2D eigenvalue weighted by molar-refractivity contribution is 7.97. The molecule has 0 saturated carbocycles. The van der Waals surface area contributed by atoms with Gasteiger partial charge in [-0.25, -0.2) is 14.2 Å². The number of thiazole rings is 1. The Morgan fingerprint density at radius 1 is 1.38 bits per heavy atom. The van der Waals surface area contributed by atoms with Crippen LogP contribution in [0.1, 0.15) is 5.82 Å².